The quantitative estimate of drug-likeness (QED) is 0.677. The van der Waals surface area contributed by atoms with E-state index < -0.39 is 5.60 Å². The number of amides is 1. The lowest BCUT2D eigenvalue weighted by molar-refractivity contribution is 0.0196. The molecule has 3 heterocycles. The Labute approximate surface area is 172 Å². The van der Waals surface area contributed by atoms with E-state index in [0.717, 1.165) is 43.3 Å². The molecule has 0 bridgehead atoms. The number of ether oxygens (including phenoxy) is 3. The van der Waals surface area contributed by atoms with E-state index in [1.54, 1.807) is 14.2 Å². The minimum atomic E-state index is -0.485. The summed E-state index contributed by atoms with van der Waals surface area (Å²) in [7, 11) is 3.36. The Kier molecular flexibility index (Phi) is 6.67. The van der Waals surface area contributed by atoms with Crippen LogP contribution in [0.4, 0.5) is 4.79 Å². The molecule has 160 valence electrons. The van der Waals surface area contributed by atoms with Crippen molar-refractivity contribution in [2.24, 2.45) is 0 Å². The Bertz CT molecular complexity index is 840. The Morgan fingerprint density at radius 2 is 2.07 bits per heavy atom. The highest BCUT2D eigenvalue weighted by molar-refractivity contribution is 5.81. The van der Waals surface area contributed by atoms with E-state index in [1.807, 2.05) is 37.9 Å². The minimum absolute atomic E-state index is 0.229. The first-order valence-electron chi connectivity index (χ1n) is 10.3. The molecule has 1 aliphatic heterocycles. The molecule has 2 aromatic heterocycles. The number of hydrogen-bond acceptors (Lipinski definition) is 5. The Hall–Kier alpha value is -2.28. The van der Waals surface area contributed by atoms with Crippen LogP contribution in [0.5, 0.6) is 5.88 Å². The second-order valence-corrected chi connectivity index (χ2v) is 8.62. The number of aromatic nitrogens is 2. The topological polar surface area (TPSA) is 65.8 Å². The summed E-state index contributed by atoms with van der Waals surface area (Å²) in [5, 5.41) is 1.09. The lowest BCUT2D eigenvalue weighted by Crippen LogP contribution is -2.42. The van der Waals surface area contributed by atoms with Gasteiger partial charge in [-0.25, -0.2) is 9.78 Å². The number of aryl methyl sites for hydroxylation is 1. The Balaban J connectivity index is 1.88. The highest BCUT2D eigenvalue weighted by atomic mass is 16.6. The monoisotopic (exact) mass is 403 g/mol. The van der Waals surface area contributed by atoms with Gasteiger partial charge in [-0.1, -0.05) is 0 Å². The molecule has 2 aromatic rings. The van der Waals surface area contributed by atoms with Crippen molar-refractivity contribution >= 4 is 17.0 Å². The fourth-order valence-electron chi connectivity index (χ4n) is 3.94. The van der Waals surface area contributed by atoms with Gasteiger partial charge in [-0.2, -0.15) is 0 Å². The van der Waals surface area contributed by atoms with Crippen molar-refractivity contribution in [1.29, 1.82) is 0 Å². The number of pyridine rings is 1. The maximum atomic E-state index is 12.6. The molecular formula is C22H33N3O4. The molecule has 3 rings (SSSR count). The summed E-state index contributed by atoms with van der Waals surface area (Å²) >= 11 is 0. The van der Waals surface area contributed by atoms with Crippen LogP contribution in [0.1, 0.15) is 51.6 Å². The van der Waals surface area contributed by atoms with Gasteiger partial charge in [0.15, 0.2) is 0 Å². The number of fused-ring (bicyclic) bond motifs is 1. The average molecular weight is 404 g/mol. The van der Waals surface area contributed by atoms with Crippen LogP contribution >= 0.6 is 0 Å². The van der Waals surface area contributed by atoms with Crippen LogP contribution in [0.2, 0.25) is 0 Å². The molecule has 1 amide bonds. The minimum Gasteiger partial charge on any atom is -0.481 e. The summed E-state index contributed by atoms with van der Waals surface area (Å²) in [5.41, 5.74) is 1.86. The summed E-state index contributed by atoms with van der Waals surface area (Å²) in [6.45, 7) is 8.67. The van der Waals surface area contributed by atoms with Crippen LogP contribution in [0.15, 0.2) is 18.3 Å². The molecule has 1 atom stereocenters. The number of likely N-dealkylation sites (tertiary alicyclic amines) is 1. The maximum absolute atomic E-state index is 12.6. The van der Waals surface area contributed by atoms with Crippen LogP contribution in [-0.2, 0) is 16.0 Å². The second-order valence-electron chi connectivity index (χ2n) is 8.62. The zero-order valence-corrected chi connectivity index (χ0v) is 18.2. The third kappa shape index (κ3) is 5.21. The van der Waals surface area contributed by atoms with Gasteiger partial charge in [-0.15, -0.1) is 0 Å². The van der Waals surface area contributed by atoms with Gasteiger partial charge in [0.25, 0.3) is 0 Å². The van der Waals surface area contributed by atoms with Crippen molar-refractivity contribution in [3.63, 3.8) is 0 Å². The van der Waals surface area contributed by atoms with Gasteiger partial charge >= 0.3 is 6.09 Å². The van der Waals surface area contributed by atoms with Crippen LogP contribution in [0.25, 0.3) is 10.9 Å². The van der Waals surface area contributed by atoms with Crippen LogP contribution in [0.3, 0.4) is 0 Å². The largest absolute Gasteiger partial charge is 0.481 e. The van der Waals surface area contributed by atoms with Crippen molar-refractivity contribution < 1.29 is 19.0 Å². The molecule has 1 aliphatic rings. The number of hydrogen-bond donors (Lipinski definition) is 0. The van der Waals surface area contributed by atoms with E-state index in [1.165, 1.54) is 5.69 Å². The molecule has 7 nitrogen and oxygen atoms in total. The van der Waals surface area contributed by atoms with Crippen molar-refractivity contribution in [2.75, 3.05) is 33.9 Å². The summed E-state index contributed by atoms with van der Waals surface area (Å²) in [5.74, 6) is 0.867. The van der Waals surface area contributed by atoms with Crippen molar-refractivity contribution in [3.8, 4) is 5.88 Å². The second kappa shape index (κ2) is 9.03. The average Bonchev–Trinajstić information content (AvgIpc) is 3.05. The predicted octanol–water partition coefficient (Wildman–Crippen LogP) is 4.20. The third-order valence-electron chi connectivity index (χ3n) is 5.22. The molecule has 1 fully saturated rings. The van der Waals surface area contributed by atoms with E-state index in [0.29, 0.717) is 19.0 Å². The molecule has 29 heavy (non-hydrogen) atoms. The molecule has 0 N–H and O–H groups in total. The SMILES string of the molecule is COCCCn1c([C@@H]2CCCN(C(=O)OC(C)(C)C)C2)cc2cnc(OC)cc21. The van der Waals surface area contributed by atoms with Gasteiger partial charge in [-0.05, 0) is 46.1 Å². The Morgan fingerprint density at radius 3 is 2.76 bits per heavy atom. The third-order valence-corrected chi connectivity index (χ3v) is 5.22. The summed E-state index contributed by atoms with van der Waals surface area (Å²) < 4.78 is 18.5. The highest BCUT2D eigenvalue weighted by Gasteiger charge is 2.30. The zero-order valence-electron chi connectivity index (χ0n) is 18.2. The van der Waals surface area contributed by atoms with Crippen molar-refractivity contribution in [1.82, 2.24) is 14.5 Å². The number of methoxy groups -OCH3 is 2. The summed E-state index contributed by atoms with van der Waals surface area (Å²) in [4.78, 5) is 18.8. The number of carbonyl (C=O) groups excluding carboxylic acids is 1. The van der Waals surface area contributed by atoms with Crippen molar-refractivity contribution in [3.05, 3.63) is 24.0 Å². The van der Waals surface area contributed by atoms with E-state index in [-0.39, 0.29) is 12.0 Å². The molecule has 0 unspecified atom stereocenters. The number of piperidine rings is 1. The molecule has 1 saturated heterocycles. The fourth-order valence-corrected chi connectivity index (χ4v) is 3.94. The number of nitrogens with zero attached hydrogens (tertiary/aromatic N) is 3. The fraction of sp³-hybridized carbons (Fsp3) is 0.636. The highest BCUT2D eigenvalue weighted by Crippen LogP contribution is 2.33. The first kappa shape index (κ1) is 21.4. The first-order valence-corrected chi connectivity index (χ1v) is 10.3. The van der Waals surface area contributed by atoms with E-state index in [2.05, 4.69) is 15.6 Å². The molecule has 7 heteroatoms. The van der Waals surface area contributed by atoms with Crippen LogP contribution in [0, 0.1) is 0 Å². The van der Waals surface area contributed by atoms with Gasteiger partial charge < -0.3 is 23.7 Å². The maximum Gasteiger partial charge on any atom is 0.410 e. The summed E-state index contributed by atoms with van der Waals surface area (Å²) in [6, 6.07) is 4.19. The normalized spacial score (nSPS) is 17.6. The number of carbonyl (C=O) groups is 1. The van der Waals surface area contributed by atoms with Gasteiger partial charge in [-0.3, -0.25) is 0 Å². The lowest BCUT2D eigenvalue weighted by Gasteiger charge is -2.34. The predicted molar refractivity (Wildman–Crippen MR) is 113 cm³/mol. The van der Waals surface area contributed by atoms with E-state index in [9.17, 15) is 4.79 Å². The van der Waals surface area contributed by atoms with Gasteiger partial charge in [0, 0.05) is 62.6 Å². The van der Waals surface area contributed by atoms with Crippen molar-refractivity contribution in [2.45, 2.75) is 58.1 Å². The molecular weight excluding hydrogens is 370 g/mol. The molecule has 0 aromatic carbocycles. The number of rotatable bonds is 6. The molecule has 0 spiro atoms. The molecule has 0 saturated carbocycles. The zero-order chi connectivity index (χ0) is 21.0. The van der Waals surface area contributed by atoms with E-state index >= 15 is 0 Å². The van der Waals surface area contributed by atoms with E-state index in [4.69, 9.17) is 14.2 Å². The molecule has 0 radical (unpaired) electrons. The molecule has 0 aliphatic carbocycles. The smallest absolute Gasteiger partial charge is 0.410 e. The lowest BCUT2D eigenvalue weighted by atomic mass is 9.94. The first-order chi connectivity index (χ1) is 13.8. The van der Waals surface area contributed by atoms with Crippen LogP contribution in [-0.4, -0.2) is 60.1 Å². The van der Waals surface area contributed by atoms with Gasteiger partial charge in [0.1, 0.15) is 5.60 Å². The Morgan fingerprint density at radius 1 is 1.28 bits per heavy atom. The standard InChI is InChI=1S/C22H33N3O4/c1-22(2,3)29-21(26)24-9-6-8-16(15-24)18-12-17-14-23-20(28-5)13-19(17)25(18)10-7-11-27-4/h12-14,16H,6-11,15H2,1-5H3/t16-/m1/s1. The summed E-state index contributed by atoms with van der Waals surface area (Å²) in [6.07, 6.45) is 4.56. The van der Waals surface area contributed by atoms with Gasteiger partial charge in [0.2, 0.25) is 5.88 Å². The van der Waals surface area contributed by atoms with Gasteiger partial charge in [0.05, 0.1) is 12.6 Å². The van der Waals surface area contributed by atoms with Crippen LogP contribution < -0.4 is 4.74 Å².